The fourth-order valence-electron chi connectivity index (χ4n) is 5.08. The van der Waals surface area contributed by atoms with E-state index in [1.165, 1.54) is 0 Å². The number of carbonyl (C=O) groups is 2. The van der Waals surface area contributed by atoms with Crippen molar-refractivity contribution in [2.75, 3.05) is 19.6 Å². The number of hydrogen-bond donors (Lipinski definition) is 0. The van der Waals surface area contributed by atoms with Crippen LogP contribution in [0.3, 0.4) is 0 Å². The quantitative estimate of drug-likeness (QED) is 0.446. The Morgan fingerprint density at radius 2 is 1.68 bits per heavy atom. The molecule has 4 rings (SSSR count). The standard InChI is InChI=1S/C30H38N6O2/c1-20(2)13-24-16-28(33-34-29(24)27-17-25(14-21(3)4)31-19-32-27)30(38)35-11-12-36(22(5)37)26(18-35)15-23-9-7-6-8-10-23/h6-10,16-17,19-21,26H,11-15,18H2,1-5H3. The van der Waals surface area contributed by atoms with Crippen LogP contribution in [0.2, 0.25) is 0 Å². The molecule has 0 radical (unpaired) electrons. The van der Waals surface area contributed by atoms with Gasteiger partial charge in [0.05, 0.1) is 11.7 Å². The molecule has 8 heteroatoms. The van der Waals surface area contributed by atoms with Gasteiger partial charge in [0.1, 0.15) is 12.0 Å². The predicted molar refractivity (Wildman–Crippen MR) is 147 cm³/mol. The molecule has 1 saturated heterocycles. The van der Waals surface area contributed by atoms with E-state index in [0.29, 0.717) is 49.3 Å². The van der Waals surface area contributed by atoms with E-state index in [2.05, 4.69) is 60.0 Å². The second-order valence-corrected chi connectivity index (χ2v) is 11.0. The molecule has 1 aliphatic heterocycles. The Morgan fingerprint density at radius 1 is 0.947 bits per heavy atom. The summed E-state index contributed by atoms with van der Waals surface area (Å²) in [4.78, 5) is 38.5. The summed E-state index contributed by atoms with van der Waals surface area (Å²) < 4.78 is 0. The van der Waals surface area contributed by atoms with Crippen LogP contribution in [-0.2, 0) is 24.1 Å². The third-order valence-electron chi connectivity index (χ3n) is 6.79. The van der Waals surface area contributed by atoms with Crippen LogP contribution < -0.4 is 0 Å². The zero-order valence-corrected chi connectivity index (χ0v) is 23.1. The van der Waals surface area contributed by atoms with E-state index in [1.807, 2.05) is 35.2 Å². The van der Waals surface area contributed by atoms with E-state index in [0.717, 1.165) is 35.4 Å². The van der Waals surface area contributed by atoms with Crippen LogP contribution in [0, 0.1) is 11.8 Å². The normalized spacial score (nSPS) is 15.8. The Balaban J connectivity index is 1.59. The molecule has 3 aromatic rings. The molecule has 1 aromatic carbocycles. The van der Waals surface area contributed by atoms with Gasteiger partial charge in [-0.15, -0.1) is 10.2 Å². The van der Waals surface area contributed by atoms with Crippen LogP contribution in [0.15, 0.2) is 48.8 Å². The number of nitrogens with zero attached hydrogens (tertiary/aromatic N) is 6. The number of amides is 2. The van der Waals surface area contributed by atoms with E-state index in [9.17, 15) is 9.59 Å². The zero-order valence-electron chi connectivity index (χ0n) is 23.1. The van der Waals surface area contributed by atoms with Crippen molar-refractivity contribution in [2.45, 2.75) is 59.9 Å². The molecule has 0 N–H and O–H groups in total. The molecule has 8 nitrogen and oxygen atoms in total. The maximum Gasteiger partial charge on any atom is 0.274 e. The van der Waals surface area contributed by atoms with Gasteiger partial charge in [-0.2, -0.15) is 0 Å². The monoisotopic (exact) mass is 514 g/mol. The van der Waals surface area contributed by atoms with Gasteiger partial charge in [-0.25, -0.2) is 9.97 Å². The SMILES string of the molecule is CC(=O)N1CCN(C(=O)c2cc(CC(C)C)c(-c3cc(CC(C)C)ncn3)nn2)CC1Cc1ccccc1. The lowest BCUT2D eigenvalue weighted by molar-refractivity contribution is -0.133. The van der Waals surface area contributed by atoms with Gasteiger partial charge in [-0.05, 0) is 54.4 Å². The molecule has 0 saturated carbocycles. The Morgan fingerprint density at radius 3 is 2.37 bits per heavy atom. The highest BCUT2D eigenvalue weighted by atomic mass is 16.2. The van der Waals surface area contributed by atoms with Crippen molar-refractivity contribution in [3.05, 3.63) is 71.3 Å². The summed E-state index contributed by atoms with van der Waals surface area (Å²) in [5.41, 5.74) is 4.83. The van der Waals surface area contributed by atoms with Crippen LogP contribution in [0.25, 0.3) is 11.4 Å². The Labute approximate surface area is 225 Å². The van der Waals surface area contributed by atoms with Crippen LogP contribution >= 0.6 is 0 Å². The largest absolute Gasteiger partial charge is 0.336 e. The molecule has 0 bridgehead atoms. The molecule has 38 heavy (non-hydrogen) atoms. The molecule has 3 heterocycles. The third kappa shape index (κ3) is 6.79. The molecule has 1 unspecified atom stereocenters. The van der Waals surface area contributed by atoms with Crippen molar-refractivity contribution >= 4 is 11.8 Å². The molecule has 1 aliphatic rings. The van der Waals surface area contributed by atoms with Crippen molar-refractivity contribution in [1.82, 2.24) is 30.0 Å². The Kier molecular flexibility index (Phi) is 8.81. The highest BCUT2D eigenvalue weighted by Crippen LogP contribution is 2.24. The van der Waals surface area contributed by atoms with E-state index >= 15 is 0 Å². The van der Waals surface area contributed by atoms with Crippen molar-refractivity contribution in [3.63, 3.8) is 0 Å². The smallest absolute Gasteiger partial charge is 0.274 e. The van der Waals surface area contributed by atoms with Crippen molar-refractivity contribution in [2.24, 2.45) is 11.8 Å². The average molecular weight is 515 g/mol. The number of benzene rings is 1. The van der Waals surface area contributed by atoms with E-state index < -0.39 is 0 Å². The number of rotatable bonds is 8. The second-order valence-electron chi connectivity index (χ2n) is 11.0. The zero-order chi connectivity index (χ0) is 27.2. The lowest BCUT2D eigenvalue weighted by Crippen LogP contribution is -2.57. The maximum absolute atomic E-state index is 13.6. The van der Waals surface area contributed by atoms with Gasteiger partial charge in [0.25, 0.3) is 5.91 Å². The summed E-state index contributed by atoms with van der Waals surface area (Å²) in [6.07, 6.45) is 3.88. The van der Waals surface area contributed by atoms with E-state index in [4.69, 9.17) is 0 Å². The third-order valence-corrected chi connectivity index (χ3v) is 6.79. The molecular formula is C30H38N6O2. The van der Waals surface area contributed by atoms with Crippen LogP contribution in [0.1, 0.15) is 61.9 Å². The predicted octanol–water partition coefficient (Wildman–Crippen LogP) is 4.25. The van der Waals surface area contributed by atoms with Gasteiger partial charge in [0.15, 0.2) is 5.69 Å². The molecule has 0 spiro atoms. The van der Waals surface area contributed by atoms with Crippen LogP contribution in [-0.4, -0.2) is 67.5 Å². The minimum Gasteiger partial charge on any atom is -0.336 e. The molecule has 2 amide bonds. The van der Waals surface area contributed by atoms with Crippen molar-refractivity contribution < 1.29 is 9.59 Å². The minimum absolute atomic E-state index is 0.0306. The fraction of sp³-hybridized carbons (Fsp3) is 0.467. The molecule has 0 aliphatic carbocycles. The first-order chi connectivity index (χ1) is 18.2. The number of piperazine rings is 1. The fourth-order valence-corrected chi connectivity index (χ4v) is 5.08. The van der Waals surface area contributed by atoms with Crippen LogP contribution in [0.4, 0.5) is 0 Å². The first-order valence-corrected chi connectivity index (χ1v) is 13.5. The summed E-state index contributed by atoms with van der Waals surface area (Å²) in [6, 6.07) is 13.8. The number of aromatic nitrogens is 4. The van der Waals surface area contributed by atoms with Gasteiger partial charge in [0, 0.05) is 32.3 Å². The molecule has 200 valence electrons. The second kappa shape index (κ2) is 12.2. The summed E-state index contributed by atoms with van der Waals surface area (Å²) in [7, 11) is 0. The molecular weight excluding hydrogens is 476 g/mol. The van der Waals surface area contributed by atoms with Gasteiger partial charge in [0.2, 0.25) is 5.91 Å². The van der Waals surface area contributed by atoms with Gasteiger partial charge < -0.3 is 9.80 Å². The lowest BCUT2D eigenvalue weighted by Gasteiger charge is -2.41. The highest BCUT2D eigenvalue weighted by molar-refractivity contribution is 5.93. The Bertz CT molecular complexity index is 1260. The van der Waals surface area contributed by atoms with Gasteiger partial charge >= 0.3 is 0 Å². The van der Waals surface area contributed by atoms with E-state index in [1.54, 1.807) is 18.2 Å². The van der Waals surface area contributed by atoms with Gasteiger partial charge in [-0.3, -0.25) is 9.59 Å². The topological polar surface area (TPSA) is 92.2 Å². The number of hydrogen-bond acceptors (Lipinski definition) is 6. The maximum atomic E-state index is 13.6. The summed E-state index contributed by atoms with van der Waals surface area (Å²) >= 11 is 0. The first-order valence-electron chi connectivity index (χ1n) is 13.5. The highest BCUT2D eigenvalue weighted by Gasteiger charge is 2.32. The molecule has 1 atom stereocenters. The summed E-state index contributed by atoms with van der Waals surface area (Å²) in [6.45, 7) is 11.6. The van der Waals surface area contributed by atoms with E-state index in [-0.39, 0.29) is 17.9 Å². The van der Waals surface area contributed by atoms with Crippen molar-refractivity contribution in [1.29, 1.82) is 0 Å². The molecule has 2 aromatic heterocycles. The van der Waals surface area contributed by atoms with Gasteiger partial charge in [-0.1, -0.05) is 58.0 Å². The summed E-state index contributed by atoms with van der Waals surface area (Å²) in [5, 5.41) is 8.89. The number of carbonyl (C=O) groups excluding carboxylic acids is 2. The molecule has 1 fully saturated rings. The summed E-state index contributed by atoms with van der Waals surface area (Å²) in [5.74, 6) is 0.724. The average Bonchev–Trinajstić information content (AvgIpc) is 2.88. The van der Waals surface area contributed by atoms with Crippen molar-refractivity contribution in [3.8, 4) is 11.4 Å². The lowest BCUT2D eigenvalue weighted by atomic mass is 9.98. The first kappa shape index (κ1) is 27.4. The minimum atomic E-state index is -0.154. The van der Waals surface area contributed by atoms with Crippen LogP contribution in [0.5, 0.6) is 0 Å². The Hall–Kier alpha value is -3.68.